The molecule has 1 saturated heterocycles. The quantitative estimate of drug-likeness (QED) is 0.272. The zero-order chi connectivity index (χ0) is 33.0. The van der Waals surface area contributed by atoms with Crippen LogP contribution in [0.3, 0.4) is 0 Å². The fourth-order valence-electron chi connectivity index (χ4n) is 7.87. The summed E-state index contributed by atoms with van der Waals surface area (Å²) in [4.78, 5) is 4.51. The molecule has 1 aliphatic carbocycles. The molecule has 7 nitrogen and oxygen atoms in total. The summed E-state index contributed by atoms with van der Waals surface area (Å²) < 4.78 is 43.8. The van der Waals surface area contributed by atoms with Gasteiger partial charge in [-0.15, -0.1) is 0 Å². The van der Waals surface area contributed by atoms with E-state index < -0.39 is 15.5 Å². The van der Waals surface area contributed by atoms with Crippen molar-refractivity contribution in [1.82, 2.24) is 0 Å². The van der Waals surface area contributed by atoms with Gasteiger partial charge in [0.1, 0.15) is 23.3 Å². The number of aryl methyl sites for hydroxylation is 1. The third kappa shape index (κ3) is 6.59. The van der Waals surface area contributed by atoms with Crippen LogP contribution in [0.1, 0.15) is 71.1 Å². The van der Waals surface area contributed by atoms with E-state index in [4.69, 9.17) is 4.74 Å². The number of ether oxygens (including phenoxy) is 1. The molecule has 4 aliphatic rings. The average Bonchev–Trinajstić information content (AvgIpc) is 3.59. The van der Waals surface area contributed by atoms with E-state index in [0.717, 1.165) is 56.0 Å². The number of hydrogen-bond donors (Lipinski definition) is 0. The smallest absolute Gasteiger partial charge is 0.744 e. The largest absolute Gasteiger partial charge is 1.00 e. The van der Waals surface area contributed by atoms with Crippen LogP contribution in [0, 0.1) is 6.92 Å². The van der Waals surface area contributed by atoms with Crippen LogP contribution in [-0.4, -0.2) is 62.7 Å². The van der Waals surface area contributed by atoms with Gasteiger partial charge in [-0.1, -0.05) is 57.5 Å². The van der Waals surface area contributed by atoms with Gasteiger partial charge in [-0.05, 0) is 81.2 Å². The van der Waals surface area contributed by atoms with E-state index in [-0.39, 0.29) is 61.7 Å². The molecule has 3 heterocycles. The van der Waals surface area contributed by atoms with E-state index in [0.29, 0.717) is 13.2 Å². The van der Waals surface area contributed by atoms with Crippen LogP contribution in [0.5, 0.6) is 0 Å². The molecule has 6 rings (SSSR count). The summed E-state index contributed by atoms with van der Waals surface area (Å²) in [6, 6.07) is 11.6. The fourth-order valence-corrected chi connectivity index (χ4v) is 8.37. The zero-order valence-corrected chi connectivity index (χ0v) is 33.3. The molecule has 244 valence electrons. The number of rotatable bonds is 5. The number of fused-ring (bicyclic) bond motifs is 2. The Labute approximate surface area is 323 Å². The topological polar surface area (TPSA) is 75.9 Å². The van der Waals surface area contributed by atoms with Crippen molar-refractivity contribution in [3.63, 3.8) is 0 Å². The van der Waals surface area contributed by atoms with Gasteiger partial charge < -0.3 is 19.1 Å². The van der Waals surface area contributed by atoms with Crippen LogP contribution >= 0.6 is 0 Å². The van der Waals surface area contributed by atoms with Crippen LogP contribution in [0.15, 0.2) is 88.1 Å². The SMILES string of the molecule is CCN1C(=CC=C2CC/C(=C\C=C3\N(CC)c4ccc(S(=O)(=O)[O-])cc4C3(C)C)C2=[N+]2CCOCC2)C(C)(C)c2cc(C)ccc21.[K+]. The monoisotopic (exact) mass is 680 g/mol. The van der Waals surface area contributed by atoms with Gasteiger partial charge in [0, 0.05) is 57.8 Å². The van der Waals surface area contributed by atoms with E-state index in [1.165, 1.54) is 45.4 Å². The first kappa shape index (κ1) is 36.5. The predicted octanol–water partition coefficient (Wildman–Crippen LogP) is 3.74. The number of hydrogen-bond acceptors (Lipinski definition) is 6. The number of morpholine rings is 1. The van der Waals surface area contributed by atoms with Gasteiger partial charge in [0.05, 0.1) is 4.90 Å². The third-order valence-electron chi connectivity index (χ3n) is 10.3. The molecule has 0 spiro atoms. The minimum atomic E-state index is -4.54. The standard InChI is InChI=1S/C38H47N3O4S.K/c1-8-40-32-16-10-26(3)24-30(32)37(4,5)34(40)18-13-27-11-12-28(36(27)39-20-22-45-23-21-39)14-19-35-38(6,7)31-25-29(46(42,43)44)15-17-33(31)41(35)9-2;/h10,13-19,24-25H,8-9,11-12,20-23H2,1-7H3;/q;+1. The number of anilines is 2. The first-order valence-electron chi connectivity index (χ1n) is 16.6. The minimum absolute atomic E-state index is 0. The molecule has 2 fully saturated rings. The second-order valence-corrected chi connectivity index (χ2v) is 15.2. The Balaban J connectivity index is 0.00000433. The molecule has 0 N–H and O–H groups in total. The van der Waals surface area contributed by atoms with E-state index in [1.807, 2.05) is 0 Å². The van der Waals surface area contributed by atoms with E-state index in [1.54, 1.807) is 12.1 Å². The Morgan fingerprint density at radius 3 is 1.79 bits per heavy atom. The fraction of sp³-hybridized carbons (Fsp3) is 0.447. The normalized spacial score (nSPS) is 23.7. The number of allylic oxidation sites excluding steroid dienone is 8. The van der Waals surface area contributed by atoms with Crippen LogP contribution in [0.25, 0.3) is 0 Å². The van der Waals surface area contributed by atoms with Crippen LogP contribution in [0.4, 0.5) is 11.4 Å². The van der Waals surface area contributed by atoms with Crippen molar-refractivity contribution in [2.45, 2.75) is 77.0 Å². The van der Waals surface area contributed by atoms with Gasteiger partial charge in [0.2, 0.25) is 5.71 Å². The van der Waals surface area contributed by atoms with Gasteiger partial charge in [0.15, 0.2) is 13.1 Å². The molecule has 0 aromatic heterocycles. The molecule has 47 heavy (non-hydrogen) atoms. The number of likely N-dealkylation sites (N-methyl/N-ethyl adjacent to an activating group) is 2. The van der Waals surface area contributed by atoms with Crippen molar-refractivity contribution in [2.24, 2.45) is 0 Å². The summed E-state index contributed by atoms with van der Waals surface area (Å²) in [7, 11) is -4.54. The molecule has 1 saturated carbocycles. The van der Waals surface area contributed by atoms with Gasteiger partial charge in [-0.3, -0.25) is 0 Å². The molecule has 3 aliphatic heterocycles. The van der Waals surface area contributed by atoms with Crippen molar-refractivity contribution in [3.8, 4) is 0 Å². The molecule has 0 atom stereocenters. The average molecular weight is 681 g/mol. The molecular formula is C38H47KN3O4S+. The maximum absolute atomic E-state index is 11.9. The molecule has 0 unspecified atom stereocenters. The Bertz CT molecular complexity index is 1840. The Hall–Kier alpha value is -1.82. The van der Waals surface area contributed by atoms with Crippen molar-refractivity contribution in [1.29, 1.82) is 0 Å². The molecule has 0 bridgehead atoms. The van der Waals surface area contributed by atoms with Crippen molar-refractivity contribution < 1.29 is 73.7 Å². The second kappa shape index (κ2) is 13.8. The molecular weight excluding hydrogens is 634 g/mol. The van der Waals surface area contributed by atoms with Crippen molar-refractivity contribution >= 4 is 27.2 Å². The molecule has 0 amide bonds. The Morgan fingerprint density at radius 2 is 1.30 bits per heavy atom. The second-order valence-electron chi connectivity index (χ2n) is 13.8. The van der Waals surface area contributed by atoms with Crippen molar-refractivity contribution in [2.75, 3.05) is 49.2 Å². The first-order chi connectivity index (χ1) is 21.8. The maximum atomic E-state index is 11.9. The van der Waals surface area contributed by atoms with Crippen LogP contribution in [-0.2, 0) is 25.7 Å². The van der Waals surface area contributed by atoms with Gasteiger partial charge in [0.25, 0.3) is 0 Å². The van der Waals surface area contributed by atoms with E-state index in [2.05, 4.69) is 105 Å². The summed E-state index contributed by atoms with van der Waals surface area (Å²) in [5, 5.41) is 0. The van der Waals surface area contributed by atoms with Gasteiger partial charge >= 0.3 is 51.4 Å². The number of benzene rings is 2. The summed E-state index contributed by atoms with van der Waals surface area (Å²) in [5.74, 6) is 0. The van der Waals surface area contributed by atoms with E-state index >= 15 is 0 Å². The summed E-state index contributed by atoms with van der Waals surface area (Å²) in [6.07, 6.45) is 11.1. The van der Waals surface area contributed by atoms with E-state index in [9.17, 15) is 13.0 Å². The van der Waals surface area contributed by atoms with Crippen LogP contribution in [0.2, 0.25) is 0 Å². The van der Waals surface area contributed by atoms with Gasteiger partial charge in [-0.2, -0.15) is 0 Å². The van der Waals surface area contributed by atoms with Crippen LogP contribution < -0.4 is 61.2 Å². The summed E-state index contributed by atoms with van der Waals surface area (Å²) in [5.41, 5.74) is 11.6. The van der Waals surface area contributed by atoms with Crippen molar-refractivity contribution in [3.05, 3.63) is 99.9 Å². The summed E-state index contributed by atoms with van der Waals surface area (Å²) in [6.45, 7) is 20.2. The minimum Gasteiger partial charge on any atom is -0.744 e. The maximum Gasteiger partial charge on any atom is 1.00 e. The first-order valence-corrected chi connectivity index (χ1v) is 18.0. The number of nitrogens with zero attached hydrogens (tertiary/aromatic N) is 3. The molecule has 2 aromatic carbocycles. The Kier molecular flexibility index (Phi) is 10.7. The third-order valence-corrected chi connectivity index (χ3v) is 11.1. The Morgan fingerprint density at radius 1 is 0.809 bits per heavy atom. The zero-order valence-electron chi connectivity index (χ0n) is 29.3. The predicted molar refractivity (Wildman–Crippen MR) is 185 cm³/mol. The molecule has 2 aromatic rings. The summed E-state index contributed by atoms with van der Waals surface area (Å²) >= 11 is 0. The molecule has 0 radical (unpaired) electrons. The molecule has 9 heteroatoms. The van der Waals surface area contributed by atoms with Gasteiger partial charge in [-0.25, -0.2) is 13.0 Å².